The molecule has 1 amide bonds. The Kier molecular flexibility index (Phi) is 7.87. The Bertz CT molecular complexity index is 918. The van der Waals surface area contributed by atoms with Gasteiger partial charge in [0.25, 0.3) is 11.7 Å². The van der Waals surface area contributed by atoms with Crippen molar-refractivity contribution in [2.24, 2.45) is 0 Å². The summed E-state index contributed by atoms with van der Waals surface area (Å²) in [6.45, 7) is 9.63. The number of aliphatic hydroxyl groups is 1. The molecule has 1 aromatic heterocycles. The van der Waals surface area contributed by atoms with E-state index in [4.69, 9.17) is 4.74 Å². The molecule has 31 heavy (non-hydrogen) atoms. The van der Waals surface area contributed by atoms with Crippen LogP contribution in [0.1, 0.15) is 43.7 Å². The fraction of sp³-hybridized carbons (Fsp3) is 0.417. The average Bonchev–Trinajstić information content (AvgIpc) is 3.40. The molecule has 1 fully saturated rings. The molecule has 1 aliphatic heterocycles. The van der Waals surface area contributed by atoms with E-state index in [1.165, 1.54) is 11.3 Å². The minimum Gasteiger partial charge on any atom is -0.507 e. The molecule has 2 heterocycles. The van der Waals surface area contributed by atoms with Gasteiger partial charge in [-0.3, -0.25) is 9.59 Å². The number of thiophene rings is 1. The maximum atomic E-state index is 13.0. The molecule has 0 spiro atoms. The fourth-order valence-electron chi connectivity index (χ4n) is 3.73. The lowest BCUT2D eigenvalue weighted by atomic mass is 10.00. The zero-order chi connectivity index (χ0) is 22.4. The molecule has 1 unspecified atom stereocenters. The van der Waals surface area contributed by atoms with Crippen LogP contribution in [-0.2, 0) is 9.59 Å². The highest BCUT2D eigenvalue weighted by molar-refractivity contribution is 7.10. The van der Waals surface area contributed by atoms with Crippen molar-refractivity contribution in [3.8, 4) is 5.75 Å². The van der Waals surface area contributed by atoms with Crippen LogP contribution in [-0.4, -0.2) is 59.4 Å². The molecule has 166 valence electrons. The highest BCUT2D eigenvalue weighted by Gasteiger charge is 2.46. The summed E-state index contributed by atoms with van der Waals surface area (Å²) < 4.78 is 5.60. The minimum absolute atomic E-state index is 0.147. The van der Waals surface area contributed by atoms with E-state index in [0.29, 0.717) is 31.0 Å². The minimum atomic E-state index is -0.637. The van der Waals surface area contributed by atoms with E-state index in [1.807, 2.05) is 24.4 Å². The number of benzene rings is 1. The largest absolute Gasteiger partial charge is 0.507 e. The number of Topliss-reactive ketones (excluding diaryl/α,β-unsaturated/α-hetero) is 1. The first-order valence-electron chi connectivity index (χ1n) is 10.8. The number of aliphatic hydroxyl groups excluding tert-OH is 1. The van der Waals surface area contributed by atoms with Crippen LogP contribution in [0.4, 0.5) is 0 Å². The Morgan fingerprint density at radius 1 is 1.13 bits per heavy atom. The molecule has 0 radical (unpaired) electrons. The standard InChI is InChI=1S/C24H30N2O4S/c1-4-15-30-18-11-9-17(10-12-18)22(27)20-21(19-8-7-16-31-19)26(24(29)23(20)28)14-13-25(5-2)6-3/h7-12,16,21,27H,4-6,13-15H2,1-3H3/b22-20-. The molecule has 1 atom stereocenters. The summed E-state index contributed by atoms with van der Waals surface area (Å²) in [5.41, 5.74) is 0.640. The smallest absolute Gasteiger partial charge is 0.295 e. The Balaban J connectivity index is 1.96. The Labute approximate surface area is 187 Å². The lowest BCUT2D eigenvalue weighted by Gasteiger charge is -2.27. The molecule has 0 aliphatic carbocycles. The van der Waals surface area contributed by atoms with Gasteiger partial charge >= 0.3 is 0 Å². The summed E-state index contributed by atoms with van der Waals surface area (Å²) >= 11 is 1.48. The first kappa shape index (κ1) is 23.0. The topological polar surface area (TPSA) is 70.1 Å². The molecule has 1 saturated heterocycles. The predicted octanol–water partition coefficient (Wildman–Crippen LogP) is 4.30. The van der Waals surface area contributed by atoms with Crippen LogP contribution < -0.4 is 4.74 Å². The van der Waals surface area contributed by atoms with Crippen LogP contribution in [0.5, 0.6) is 5.75 Å². The van der Waals surface area contributed by atoms with E-state index >= 15 is 0 Å². The first-order chi connectivity index (χ1) is 15.0. The van der Waals surface area contributed by atoms with E-state index in [2.05, 4.69) is 18.7 Å². The van der Waals surface area contributed by atoms with Gasteiger partial charge in [0.2, 0.25) is 0 Å². The van der Waals surface area contributed by atoms with Crippen LogP contribution in [0.2, 0.25) is 0 Å². The third kappa shape index (κ3) is 4.99. The zero-order valence-electron chi connectivity index (χ0n) is 18.3. The number of hydrogen-bond donors (Lipinski definition) is 1. The second kappa shape index (κ2) is 10.6. The van der Waals surface area contributed by atoms with Gasteiger partial charge in [0.1, 0.15) is 11.5 Å². The maximum absolute atomic E-state index is 13.0. The highest BCUT2D eigenvalue weighted by atomic mass is 32.1. The third-order valence-electron chi connectivity index (χ3n) is 5.50. The molecule has 6 nitrogen and oxygen atoms in total. The number of carbonyl (C=O) groups excluding carboxylic acids is 2. The number of rotatable bonds is 10. The number of hydrogen-bond acceptors (Lipinski definition) is 6. The predicted molar refractivity (Wildman–Crippen MR) is 123 cm³/mol. The average molecular weight is 443 g/mol. The van der Waals surface area contributed by atoms with Crippen LogP contribution in [0.3, 0.4) is 0 Å². The van der Waals surface area contributed by atoms with Crippen LogP contribution in [0, 0.1) is 0 Å². The number of ether oxygens (including phenoxy) is 1. The molecule has 0 saturated carbocycles. The second-order valence-corrected chi connectivity index (χ2v) is 8.39. The van der Waals surface area contributed by atoms with Gasteiger partial charge in [0.15, 0.2) is 0 Å². The van der Waals surface area contributed by atoms with E-state index < -0.39 is 17.7 Å². The normalized spacial score (nSPS) is 18.2. The number of carbonyl (C=O) groups is 2. The van der Waals surface area contributed by atoms with Gasteiger partial charge in [-0.15, -0.1) is 11.3 Å². The Hall–Kier alpha value is -2.64. The van der Waals surface area contributed by atoms with Crippen LogP contribution in [0.25, 0.3) is 5.76 Å². The summed E-state index contributed by atoms with van der Waals surface area (Å²) in [5.74, 6) is -0.645. The van der Waals surface area contributed by atoms with Crippen molar-refractivity contribution >= 4 is 28.8 Å². The number of ketones is 1. The van der Waals surface area contributed by atoms with Crippen molar-refractivity contribution in [3.05, 3.63) is 57.8 Å². The number of amides is 1. The van der Waals surface area contributed by atoms with Crippen molar-refractivity contribution in [2.75, 3.05) is 32.8 Å². The number of nitrogens with zero attached hydrogens (tertiary/aromatic N) is 2. The molecule has 1 N–H and O–H groups in total. The van der Waals surface area contributed by atoms with Gasteiger partial charge in [0, 0.05) is 23.5 Å². The van der Waals surface area contributed by atoms with Crippen LogP contribution in [0.15, 0.2) is 47.4 Å². The molecule has 3 rings (SSSR count). The summed E-state index contributed by atoms with van der Waals surface area (Å²) in [4.78, 5) is 30.6. The number of likely N-dealkylation sites (N-methyl/N-ethyl adjacent to an activating group) is 1. The monoisotopic (exact) mass is 442 g/mol. The third-order valence-corrected chi connectivity index (χ3v) is 6.43. The molecule has 7 heteroatoms. The van der Waals surface area contributed by atoms with Gasteiger partial charge in [-0.2, -0.15) is 0 Å². The van der Waals surface area contributed by atoms with Gasteiger partial charge in [-0.1, -0.05) is 26.8 Å². The molecular weight excluding hydrogens is 412 g/mol. The van der Waals surface area contributed by atoms with E-state index in [-0.39, 0.29) is 11.3 Å². The quantitative estimate of drug-likeness (QED) is 0.337. The number of likely N-dealkylation sites (tertiary alicyclic amines) is 1. The lowest BCUT2D eigenvalue weighted by Crippen LogP contribution is -2.37. The zero-order valence-corrected chi connectivity index (χ0v) is 19.2. The van der Waals surface area contributed by atoms with E-state index in [0.717, 1.165) is 24.4 Å². The molecular formula is C24H30N2O4S. The Morgan fingerprint density at radius 2 is 1.84 bits per heavy atom. The first-order valence-corrected chi connectivity index (χ1v) is 11.7. The van der Waals surface area contributed by atoms with Gasteiger partial charge < -0.3 is 19.6 Å². The second-order valence-electron chi connectivity index (χ2n) is 7.41. The molecule has 1 aliphatic rings. The van der Waals surface area contributed by atoms with Crippen molar-refractivity contribution in [3.63, 3.8) is 0 Å². The summed E-state index contributed by atoms with van der Waals surface area (Å²) in [7, 11) is 0. The molecule has 0 bridgehead atoms. The van der Waals surface area contributed by atoms with Gasteiger partial charge in [-0.05, 0) is 55.2 Å². The van der Waals surface area contributed by atoms with Crippen molar-refractivity contribution in [1.82, 2.24) is 9.80 Å². The van der Waals surface area contributed by atoms with Crippen molar-refractivity contribution in [1.29, 1.82) is 0 Å². The van der Waals surface area contributed by atoms with E-state index in [1.54, 1.807) is 29.2 Å². The summed E-state index contributed by atoms with van der Waals surface area (Å²) in [6.07, 6.45) is 0.902. The lowest BCUT2D eigenvalue weighted by molar-refractivity contribution is -0.140. The van der Waals surface area contributed by atoms with Gasteiger partial charge in [-0.25, -0.2) is 0 Å². The molecule has 2 aromatic rings. The van der Waals surface area contributed by atoms with Gasteiger partial charge in [0.05, 0.1) is 18.2 Å². The van der Waals surface area contributed by atoms with Crippen LogP contribution >= 0.6 is 11.3 Å². The Morgan fingerprint density at radius 3 is 2.42 bits per heavy atom. The van der Waals surface area contributed by atoms with E-state index in [9.17, 15) is 14.7 Å². The van der Waals surface area contributed by atoms with Crippen molar-refractivity contribution < 1.29 is 19.4 Å². The summed E-state index contributed by atoms with van der Waals surface area (Å²) in [5, 5.41) is 13.0. The van der Waals surface area contributed by atoms with Crippen molar-refractivity contribution in [2.45, 2.75) is 33.2 Å². The summed E-state index contributed by atoms with van der Waals surface area (Å²) in [6, 6.07) is 10.2. The fourth-order valence-corrected chi connectivity index (χ4v) is 4.57. The highest BCUT2D eigenvalue weighted by Crippen LogP contribution is 2.41. The maximum Gasteiger partial charge on any atom is 0.295 e. The SMILES string of the molecule is CCCOc1ccc(/C(O)=C2/C(=O)C(=O)N(CCN(CC)CC)C2c2cccs2)cc1. The molecule has 1 aromatic carbocycles.